The Morgan fingerprint density at radius 1 is 1.35 bits per heavy atom. The molecule has 2 aliphatic rings. The van der Waals surface area contributed by atoms with E-state index in [1.54, 1.807) is 11.8 Å². The summed E-state index contributed by atoms with van der Waals surface area (Å²) in [5, 5.41) is 4.40. The van der Waals surface area contributed by atoms with Crippen LogP contribution in [0.25, 0.3) is 0 Å². The Morgan fingerprint density at radius 3 is 2.53 bits per heavy atom. The van der Waals surface area contributed by atoms with Crippen LogP contribution in [0.3, 0.4) is 0 Å². The molecule has 2 heterocycles. The number of nitrogens with zero attached hydrogens (tertiary/aromatic N) is 1. The van der Waals surface area contributed by atoms with Gasteiger partial charge in [-0.1, -0.05) is 25.6 Å². The molecule has 2 rings (SSSR count). The van der Waals surface area contributed by atoms with Gasteiger partial charge in [0.15, 0.2) is 5.17 Å². The normalized spacial score (nSPS) is 29.4. The third kappa shape index (κ3) is 3.61. The van der Waals surface area contributed by atoms with Crippen LogP contribution in [0.15, 0.2) is 4.99 Å². The number of sulfone groups is 1. The Labute approximate surface area is 108 Å². The van der Waals surface area contributed by atoms with Crippen LogP contribution in [0.4, 0.5) is 0 Å². The summed E-state index contributed by atoms with van der Waals surface area (Å²) in [5.74, 6) is 2.26. The zero-order chi connectivity index (χ0) is 12.5. The van der Waals surface area contributed by atoms with Gasteiger partial charge in [-0.05, 0) is 18.8 Å². The van der Waals surface area contributed by atoms with Crippen molar-refractivity contribution in [2.75, 3.05) is 17.3 Å². The first-order valence-corrected chi connectivity index (χ1v) is 8.94. The molecule has 98 valence electrons. The number of rotatable bonds is 2. The first-order chi connectivity index (χ1) is 7.96. The lowest BCUT2D eigenvalue weighted by molar-refractivity contribution is 0.517. The fourth-order valence-corrected chi connectivity index (χ4v) is 4.76. The van der Waals surface area contributed by atoms with E-state index in [2.05, 4.69) is 24.2 Å². The fourth-order valence-electron chi connectivity index (χ4n) is 2.02. The summed E-state index contributed by atoms with van der Waals surface area (Å²) in [6.45, 7) is 4.37. The molecule has 0 saturated carbocycles. The summed E-state index contributed by atoms with van der Waals surface area (Å²) in [7, 11) is -2.76. The molecule has 0 aromatic rings. The SMILES string of the molecule is CC(C)C1CSC(NC2CCS(=O)(=O)CC2)=N1. The van der Waals surface area contributed by atoms with Gasteiger partial charge in [0.05, 0.1) is 17.5 Å². The van der Waals surface area contributed by atoms with E-state index in [4.69, 9.17) is 0 Å². The Hall–Kier alpha value is -0.230. The second kappa shape index (κ2) is 5.18. The minimum atomic E-state index is -2.76. The van der Waals surface area contributed by atoms with Gasteiger partial charge in [0.1, 0.15) is 9.84 Å². The first kappa shape index (κ1) is 13.2. The Bertz CT molecular complexity index is 390. The van der Waals surface area contributed by atoms with Gasteiger partial charge in [-0.3, -0.25) is 4.99 Å². The number of hydrogen-bond acceptors (Lipinski definition) is 5. The molecule has 1 fully saturated rings. The Balaban J connectivity index is 1.85. The molecule has 0 aromatic carbocycles. The largest absolute Gasteiger partial charge is 0.362 e. The van der Waals surface area contributed by atoms with E-state index < -0.39 is 9.84 Å². The third-order valence-electron chi connectivity index (χ3n) is 3.33. The van der Waals surface area contributed by atoms with Crippen LogP contribution in [0, 0.1) is 5.92 Å². The minimum absolute atomic E-state index is 0.288. The summed E-state index contributed by atoms with van der Waals surface area (Å²) >= 11 is 1.76. The smallest absolute Gasteiger partial charge is 0.157 e. The van der Waals surface area contributed by atoms with Crippen molar-refractivity contribution in [2.24, 2.45) is 10.9 Å². The highest BCUT2D eigenvalue weighted by Crippen LogP contribution is 2.23. The second-order valence-corrected chi connectivity index (χ2v) is 8.44. The molecule has 2 aliphatic heterocycles. The third-order valence-corrected chi connectivity index (χ3v) is 6.05. The van der Waals surface area contributed by atoms with Gasteiger partial charge in [-0.25, -0.2) is 8.42 Å². The summed E-state index contributed by atoms with van der Waals surface area (Å²) in [6, 6.07) is 0.700. The molecule has 0 amide bonds. The maximum atomic E-state index is 11.3. The van der Waals surface area contributed by atoms with Gasteiger partial charge in [-0.15, -0.1) is 0 Å². The van der Waals surface area contributed by atoms with Gasteiger partial charge < -0.3 is 5.32 Å². The Morgan fingerprint density at radius 2 is 2.00 bits per heavy atom. The number of nitrogens with one attached hydrogen (secondary N) is 1. The molecule has 0 bridgehead atoms. The van der Waals surface area contributed by atoms with Crippen LogP contribution < -0.4 is 5.32 Å². The molecular weight excluding hydrogens is 256 g/mol. The summed E-state index contributed by atoms with van der Waals surface area (Å²) in [5.41, 5.74) is 0. The molecule has 1 saturated heterocycles. The molecule has 17 heavy (non-hydrogen) atoms. The van der Waals surface area contributed by atoms with Crippen molar-refractivity contribution in [3.8, 4) is 0 Å². The van der Waals surface area contributed by atoms with Crippen molar-refractivity contribution in [2.45, 2.75) is 38.8 Å². The van der Waals surface area contributed by atoms with E-state index in [0.717, 1.165) is 10.9 Å². The maximum absolute atomic E-state index is 11.3. The summed E-state index contributed by atoms with van der Waals surface area (Å²) in [6.07, 6.45) is 1.43. The molecule has 6 heteroatoms. The number of hydrogen-bond donors (Lipinski definition) is 1. The van der Waals surface area contributed by atoms with Crippen molar-refractivity contribution < 1.29 is 8.42 Å². The van der Waals surface area contributed by atoms with Crippen molar-refractivity contribution >= 4 is 26.8 Å². The minimum Gasteiger partial charge on any atom is -0.362 e. The maximum Gasteiger partial charge on any atom is 0.157 e. The average Bonchev–Trinajstić information content (AvgIpc) is 2.70. The quantitative estimate of drug-likeness (QED) is 0.825. The second-order valence-electron chi connectivity index (χ2n) is 5.13. The number of thioether (sulfide) groups is 1. The highest BCUT2D eigenvalue weighted by Gasteiger charge is 2.27. The van der Waals surface area contributed by atoms with Crippen LogP contribution >= 0.6 is 11.8 Å². The lowest BCUT2D eigenvalue weighted by atomic mass is 10.1. The van der Waals surface area contributed by atoms with E-state index in [1.807, 2.05) is 0 Å². The van der Waals surface area contributed by atoms with E-state index in [9.17, 15) is 8.42 Å². The van der Waals surface area contributed by atoms with Crippen LogP contribution in [0.5, 0.6) is 0 Å². The predicted molar refractivity (Wildman–Crippen MR) is 73.3 cm³/mol. The van der Waals surface area contributed by atoms with Crippen LogP contribution in [-0.2, 0) is 9.84 Å². The Kier molecular flexibility index (Phi) is 4.02. The molecule has 4 nitrogen and oxygen atoms in total. The fraction of sp³-hybridized carbons (Fsp3) is 0.909. The van der Waals surface area contributed by atoms with E-state index in [0.29, 0.717) is 36.3 Å². The lowest BCUT2D eigenvalue weighted by Gasteiger charge is -2.23. The summed E-state index contributed by atoms with van der Waals surface area (Å²) in [4.78, 5) is 4.64. The molecule has 0 radical (unpaired) electrons. The molecule has 0 aromatic heterocycles. The van der Waals surface area contributed by atoms with Gasteiger partial charge in [-0.2, -0.15) is 0 Å². The zero-order valence-electron chi connectivity index (χ0n) is 10.3. The van der Waals surface area contributed by atoms with Crippen molar-refractivity contribution in [3.05, 3.63) is 0 Å². The average molecular weight is 276 g/mol. The number of aliphatic imine (C=N–C) groups is 1. The molecule has 1 unspecified atom stereocenters. The molecular formula is C11H20N2O2S2. The topological polar surface area (TPSA) is 58.5 Å². The number of amidine groups is 1. The van der Waals surface area contributed by atoms with Crippen molar-refractivity contribution in [1.82, 2.24) is 5.32 Å². The highest BCUT2D eigenvalue weighted by atomic mass is 32.2. The van der Waals surface area contributed by atoms with Gasteiger partial charge in [0, 0.05) is 11.8 Å². The van der Waals surface area contributed by atoms with Gasteiger partial charge in [0.2, 0.25) is 0 Å². The van der Waals surface area contributed by atoms with Crippen molar-refractivity contribution in [3.63, 3.8) is 0 Å². The highest BCUT2D eigenvalue weighted by molar-refractivity contribution is 8.14. The van der Waals surface area contributed by atoms with E-state index in [1.165, 1.54) is 0 Å². The van der Waals surface area contributed by atoms with E-state index >= 15 is 0 Å². The van der Waals surface area contributed by atoms with E-state index in [-0.39, 0.29) is 6.04 Å². The summed E-state index contributed by atoms with van der Waals surface area (Å²) < 4.78 is 22.6. The predicted octanol–water partition coefficient (Wildman–Crippen LogP) is 1.28. The van der Waals surface area contributed by atoms with Crippen LogP contribution in [0.1, 0.15) is 26.7 Å². The van der Waals surface area contributed by atoms with Crippen LogP contribution in [0.2, 0.25) is 0 Å². The molecule has 1 atom stereocenters. The molecule has 0 spiro atoms. The zero-order valence-corrected chi connectivity index (χ0v) is 12.0. The monoisotopic (exact) mass is 276 g/mol. The van der Waals surface area contributed by atoms with Gasteiger partial charge in [0.25, 0.3) is 0 Å². The lowest BCUT2D eigenvalue weighted by Crippen LogP contribution is -2.39. The molecule has 1 N–H and O–H groups in total. The van der Waals surface area contributed by atoms with Crippen LogP contribution in [-0.4, -0.2) is 42.9 Å². The van der Waals surface area contributed by atoms with Crippen molar-refractivity contribution in [1.29, 1.82) is 0 Å². The standard InChI is InChI=1S/C11H20N2O2S2/c1-8(2)10-7-16-11(13-10)12-9-3-5-17(14,15)6-4-9/h8-10H,3-7H2,1-2H3,(H,12,13). The first-order valence-electron chi connectivity index (χ1n) is 6.14. The molecule has 0 aliphatic carbocycles. The van der Waals surface area contributed by atoms with Gasteiger partial charge >= 0.3 is 0 Å².